The molecule has 4 atom stereocenters. The van der Waals surface area contributed by atoms with Crippen LogP contribution in [0.1, 0.15) is 30.0 Å². The topological polar surface area (TPSA) is 55.4 Å². The van der Waals surface area contributed by atoms with Gasteiger partial charge in [-0.3, -0.25) is 10.00 Å². The Labute approximate surface area is 177 Å². The van der Waals surface area contributed by atoms with Crippen molar-refractivity contribution < 1.29 is 5.11 Å². The average Bonchev–Trinajstić information content (AvgIpc) is 3.03. The van der Waals surface area contributed by atoms with Gasteiger partial charge in [-0.1, -0.05) is 30.3 Å². The SMILES string of the molecule is CN(Cc1ccn[nH]1)C[C@@H]1[C@@H](c2ccccc2)[C@]12CN(C1CCSCC1)C[C@H]2O. The number of rotatable bonds is 6. The lowest BCUT2D eigenvalue weighted by atomic mass is 9.95. The zero-order chi connectivity index (χ0) is 19.8. The van der Waals surface area contributed by atoms with Gasteiger partial charge in [0.15, 0.2) is 0 Å². The minimum Gasteiger partial charge on any atom is -0.391 e. The molecule has 0 radical (unpaired) electrons. The minimum absolute atomic E-state index is 0.00812. The van der Waals surface area contributed by atoms with Gasteiger partial charge >= 0.3 is 0 Å². The Morgan fingerprint density at radius 3 is 2.76 bits per heavy atom. The highest BCUT2D eigenvalue weighted by Gasteiger charge is 2.71. The van der Waals surface area contributed by atoms with Crippen LogP contribution in [0.15, 0.2) is 42.6 Å². The van der Waals surface area contributed by atoms with Gasteiger partial charge in [-0.05, 0) is 54.9 Å². The van der Waals surface area contributed by atoms with Gasteiger partial charge < -0.3 is 10.0 Å². The lowest BCUT2D eigenvalue weighted by molar-refractivity contribution is 0.113. The third-order valence-corrected chi connectivity index (χ3v) is 8.49. The van der Waals surface area contributed by atoms with E-state index in [0.717, 1.165) is 31.9 Å². The molecule has 2 aromatic rings. The van der Waals surface area contributed by atoms with E-state index in [2.05, 4.69) is 69.1 Å². The highest BCUT2D eigenvalue weighted by Crippen LogP contribution is 2.69. The smallest absolute Gasteiger partial charge is 0.0744 e. The second kappa shape index (κ2) is 8.06. The Kier molecular flexibility index (Phi) is 5.45. The second-order valence-corrected chi connectivity index (χ2v) is 10.4. The van der Waals surface area contributed by atoms with Gasteiger partial charge in [-0.25, -0.2) is 0 Å². The van der Waals surface area contributed by atoms with Crippen LogP contribution in [0.4, 0.5) is 0 Å². The summed E-state index contributed by atoms with van der Waals surface area (Å²) >= 11 is 2.08. The predicted octanol–water partition coefficient (Wildman–Crippen LogP) is 2.81. The third kappa shape index (κ3) is 3.65. The number of aliphatic hydroxyl groups excluding tert-OH is 1. The molecule has 2 N–H and O–H groups in total. The van der Waals surface area contributed by atoms with Crippen molar-refractivity contribution in [1.29, 1.82) is 0 Å². The standard InChI is InChI=1S/C23H32N4OS/c1-26(13-18-7-10-24-25-18)14-20-22(17-5-3-2-4-6-17)23(20)16-27(15-21(23)28)19-8-11-29-12-9-19/h2-7,10,19-22,28H,8-9,11-16H2,1H3,(H,24,25)/t20-,21-,22-,23-/m1/s1. The molecule has 0 bridgehead atoms. The summed E-state index contributed by atoms with van der Waals surface area (Å²) in [6, 6.07) is 13.6. The summed E-state index contributed by atoms with van der Waals surface area (Å²) < 4.78 is 0. The van der Waals surface area contributed by atoms with E-state index in [-0.39, 0.29) is 11.5 Å². The van der Waals surface area contributed by atoms with E-state index < -0.39 is 0 Å². The number of β-amino-alcohol motifs (C(OH)–C–C–N with tert-alkyl or cyclic N) is 1. The van der Waals surface area contributed by atoms with Crippen LogP contribution in [0.2, 0.25) is 0 Å². The molecule has 1 aliphatic carbocycles. The normalized spacial score (nSPS) is 33.0. The molecule has 0 unspecified atom stereocenters. The van der Waals surface area contributed by atoms with Crippen LogP contribution in [0.3, 0.4) is 0 Å². The quantitative estimate of drug-likeness (QED) is 0.764. The number of nitrogens with one attached hydrogen (secondary N) is 1. The summed E-state index contributed by atoms with van der Waals surface area (Å²) in [4.78, 5) is 5.00. The van der Waals surface area contributed by atoms with Crippen molar-refractivity contribution >= 4 is 11.8 Å². The summed E-state index contributed by atoms with van der Waals surface area (Å²) in [5.41, 5.74) is 2.55. The van der Waals surface area contributed by atoms with Crippen molar-refractivity contribution in [3.63, 3.8) is 0 Å². The molecule has 2 saturated heterocycles. The van der Waals surface area contributed by atoms with Crippen LogP contribution in [-0.4, -0.2) is 75.4 Å². The van der Waals surface area contributed by atoms with E-state index in [9.17, 15) is 5.11 Å². The minimum atomic E-state index is -0.229. The van der Waals surface area contributed by atoms with E-state index >= 15 is 0 Å². The molecule has 5 nitrogen and oxygen atoms in total. The fourth-order valence-electron chi connectivity index (χ4n) is 5.99. The molecular weight excluding hydrogens is 380 g/mol. The fraction of sp³-hybridized carbons (Fsp3) is 0.609. The number of aromatic nitrogens is 2. The molecule has 1 saturated carbocycles. The molecule has 1 aromatic heterocycles. The first-order valence-electron chi connectivity index (χ1n) is 10.9. The number of hydrogen-bond acceptors (Lipinski definition) is 5. The molecule has 5 rings (SSSR count). The number of aromatic amines is 1. The van der Waals surface area contributed by atoms with Crippen molar-refractivity contribution in [3.05, 3.63) is 53.9 Å². The molecule has 3 aliphatic rings. The first-order chi connectivity index (χ1) is 14.2. The van der Waals surface area contributed by atoms with E-state index in [1.807, 2.05) is 12.3 Å². The Morgan fingerprint density at radius 1 is 1.24 bits per heavy atom. The molecule has 0 amide bonds. The first kappa shape index (κ1) is 19.6. The van der Waals surface area contributed by atoms with Gasteiger partial charge in [0, 0.05) is 49.5 Å². The molecular formula is C23H32N4OS. The number of likely N-dealkylation sites (tertiary alicyclic amines) is 1. The van der Waals surface area contributed by atoms with Crippen molar-refractivity contribution in [2.24, 2.45) is 11.3 Å². The Bertz CT molecular complexity index is 794. The largest absolute Gasteiger partial charge is 0.391 e. The van der Waals surface area contributed by atoms with Crippen LogP contribution >= 0.6 is 11.8 Å². The summed E-state index contributed by atoms with van der Waals surface area (Å²) in [7, 11) is 2.19. The van der Waals surface area contributed by atoms with Crippen molar-refractivity contribution in [2.75, 3.05) is 38.2 Å². The number of benzene rings is 1. The van der Waals surface area contributed by atoms with Gasteiger partial charge in [0.05, 0.1) is 6.10 Å². The average molecular weight is 413 g/mol. The summed E-state index contributed by atoms with van der Waals surface area (Å²) in [5.74, 6) is 3.48. The zero-order valence-corrected chi connectivity index (χ0v) is 18.0. The third-order valence-electron chi connectivity index (χ3n) is 7.44. The zero-order valence-electron chi connectivity index (χ0n) is 17.2. The number of thioether (sulfide) groups is 1. The van der Waals surface area contributed by atoms with E-state index in [4.69, 9.17) is 0 Å². The second-order valence-electron chi connectivity index (χ2n) is 9.17. The summed E-state index contributed by atoms with van der Waals surface area (Å²) in [6.45, 7) is 3.77. The van der Waals surface area contributed by atoms with Crippen molar-refractivity contribution in [1.82, 2.24) is 20.0 Å². The van der Waals surface area contributed by atoms with E-state index in [0.29, 0.717) is 17.9 Å². The highest BCUT2D eigenvalue weighted by molar-refractivity contribution is 7.99. The van der Waals surface area contributed by atoms with Crippen LogP contribution < -0.4 is 0 Å². The Hall–Kier alpha value is -1.34. The maximum Gasteiger partial charge on any atom is 0.0744 e. The molecule has 1 aromatic carbocycles. The predicted molar refractivity (Wildman–Crippen MR) is 118 cm³/mol. The number of hydrogen-bond donors (Lipinski definition) is 2. The summed E-state index contributed by atoms with van der Waals surface area (Å²) in [5, 5.41) is 18.5. The fourth-order valence-corrected chi connectivity index (χ4v) is 7.08. The molecule has 3 heterocycles. The Balaban J connectivity index is 1.35. The number of H-pyrrole nitrogens is 1. The van der Waals surface area contributed by atoms with Crippen LogP contribution in [0.25, 0.3) is 0 Å². The molecule has 6 heteroatoms. The molecule has 29 heavy (non-hydrogen) atoms. The van der Waals surface area contributed by atoms with Gasteiger partial charge in [-0.15, -0.1) is 0 Å². The van der Waals surface area contributed by atoms with Crippen LogP contribution in [0.5, 0.6) is 0 Å². The van der Waals surface area contributed by atoms with Gasteiger partial charge in [0.25, 0.3) is 0 Å². The lowest BCUT2D eigenvalue weighted by Gasteiger charge is -2.30. The molecule has 2 aliphatic heterocycles. The monoisotopic (exact) mass is 412 g/mol. The van der Waals surface area contributed by atoms with Gasteiger partial charge in [0.2, 0.25) is 0 Å². The summed E-state index contributed by atoms with van der Waals surface area (Å²) in [6.07, 6.45) is 4.13. The van der Waals surface area contributed by atoms with Gasteiger partial charge in [-0.2, -0.15) is 16.9 Å². The molecule has 156 valence electrons. The number of nitrogens with zero attached hydrogens (tertiary/aromatic N) is 3. The Morgan fingerprint density at radius 2 is 2.03 bits per heavy atom. The van der Waals surface area contributed by atoms with Crippen molar-refractivity contribution in [3.8, 4) is 0 Å². The maximum absolute atomic E-state index is 11.3. The lowest BCUT2D eigenvalue weighted by Crippen LogP contribution is -2.37. The number of aliphatic hydroxyl groups is 1. The maximum atomic E-state index is 11.3. The first-order valence-corrected chi connectivity index (χ1v) is 12.1. The highest BCUT2D eigenvalue weighted by atomic mass is 32.2. The van der Waals surface area contributed by atoms with Crippen molar-refractivity contribution in [2.45, 2.75) is 37.5 Å². The van der Waals surface area contributed by atoms with E-state index in [1.54, 1.807) is 0 Å². The van der Waals surface area contributed by atoms with Crippen LogP contribution in [-0.2, 0) is 6.54 Å². The van der Waals surface area contributed by atoms with Crippen LogP contribution in [0, 0.1) is 11.3 Å². The van der Waals surface area contributed by atoms with Gasteiger partial charge in [0.1, 0.15) is 0 Å². The van der Waals surface area contributed by atoms with E-state index in [1.165, 1.54) is 29.9 Å². The molecule has 1 spiro atoms. The molecule has 3 fully saturated rings.